The van der Waals surface area contributed by atoms with Crippen molar-refractivity contribution in [2.24, 2.45) is 0 Å². The Morgan fingerprint density at radius 2 is 2.17 bits per heavy atom. The van der Waals surface area contributed by atoms with Crippen LogP contribution in [0.1, 0.15) is 39.5 Å². The van der Waals surface area contributed by atoms with Crippen LogP contribution in [0.4, 0.5) is 0 Å². The number of aliphatic hydroxyl groups is 1. The number of hydrogen-bond acceptors (Lipinski definition) is 4. The first-order valence-electron chi connectivity index (χ1n) is 7.22. The van der Waals surface area contributed by atoms with Crippen LogP contribution in [0, 0.1) is 0 Å². The molecule has 0 bridgehead atoms. The molecule has 0 aromatic heterocycles. The van der Waals surface area contributed by atoms with Gasteiger partial charge in [-0.25, -0.2) is 0 Å². The van der Waals surface area contributed by atoms with E-state index in [-0.39, 0.29) is 18.3 Å². The highest BCUT2D eigenvalue weighted by Gasteiger charge is 2.32. The zero-order valence-electron chi connectivity index (χ0n) is 11.7. The van der Waals surface area contributed by atoms with Gasteiger partial charge in [0.1, 0.15) is 0 Å². The third-order valence-corrected chi connectivity index (χ3v) is 3.78. The lowest BCUT2D eigenvalue weighted by molar-refractivity contribution is -0.149. The third kappa shape index (κ3) is 4.19. The zero-order valence-corrected chi connectivity index (χ0v) is 11.7. The van der Waals surface area contributed by atoms with E-state index < -0.39 is 0 Å². The normalized spacial score (nSPS) is 32.8. The van der Waals surface area contributed by atoms with Crippen molar-refractivity contribution in [3.63, 3.8) is 0 Å². The Kier molecular flexibility index (Phi) is 5.01. The minimum absolute atomic E-state index is 0.0310. The van der Waals surface area contributed by atoms with Crippen LogP contribution in [0.2, 0.25) is 0 Å². The molecule has 18 heavy (non-hydrogen) atoms. The van der Waals surface area contributed by atoms with Crippen LogP contribution in [-0.4, -0.2) is 60.7 Å². The molecule has 0 aliphatic carbocycles. The standard InChI is InChI=1S/C14H27NO3/c1-14(2)11-15(9-13(10-16)18-14)7-3-5-12-6-4-8-17-12/h12-13,16H,3-11H2,1-2H3. The molecule has 2 heterocycles. The Morgan fingerprint density at radius 3 is 2.83 bits per heavy atom. The molecule has 2 fully saturated rings. The van der Waals surface area contributed by atoms with Gasteiger partial charge in [-0.15, -0.1) is 0 Å². The number of nitrogens with zero attached hydrogens (tertiary/aromatic N) is 1. The van der Waals surface area contributed by atoms with E-state index in [1.807, 2.05) is 0 Å². The van der Waals surface area contributed by atoms with Crippen molar-refractivity contribution in [3.8, 4) is 0 Å². The van der Waals surface area contributed by atoms with Gasteiger partial charge in [-0.2, -0.15) is 0 Å². The van der Waals surface area contributed by atoms with Crippen LogP contribution in [0.3, 0.4) is 0 Å². The quantitative estimate of drug-likeness (QED) is 0.809. The summed E-state index contributed by atoms with van der Waals surface area (Å²) in [5, 5.41) is 9.27. The monoisotopic (exact) mass is 257 g/mol. The summed E-state index contributed by atoms with van der Waals surface area (Å²) in [6.45, 7) is 8.15. The first-order chi connectivity index (χ1) is 8.59. The summed E-state index contributed by atoms with van der Waals surface area (Å²) in [7, 11) is 0. The lowest BCUT2D eigenvalue weighted by Crippen LogP contribution is -2.53. The highest BCUT2D eigenvalue weighted by atomic mass is 16.5. The summed E-state index contributed by atoms with van der Waals surface area (Å²) >= 11 is 0. The van der Waals surface area contributed by atoms with E-state index in [4.69, 9.17) is 9.47 Å². The molecule has 4 heteroatoms. The largest absolute Gasteiger partial charge is 0.394 e. The smallest absolute Gasteiger partial charge is 0.0940 e. The van der Waals surface area contributed by atoms with Crippen molar-refractivity contribution in [3.05, 3.63) is 0 Å². The molecule has 4 nitrogen and oxygen atoms in total. The van der Waals surface area contributed by atoms with E-state index in [0.717, 1.165) is 26.2 Å². The molecule has 2 aliphatic rings. The Hall–Kier alpha value is -0.160. The van der Waals surface area contributed by atoms with Crippen LogP contribution in [0.25, 0.3) is 0 Å². The van der Waals surface area contributed by atoms with Gasteiger partial charge in [0.05, 0.1) is 24.4 Å². The highest BCUT2D eigenvalue weighted by Crippen LogP contribution is 2.22. The minimum atomic E-state index is -0.143. The predicted molar refractivity (Wildman–Crippen MR) is 70.7 cm³/mol. The molecule has 2 aliphatic heterocycles. The summed E-state index contributed by atoms with van der Waals surface area (Å²) in [5.74, 6) is 0. The first kappa shape index (κ1) is 14.3. The molecule has 1 N–H and O–H groups in total. The molecule has 2 unspecified atom stereocenters. The number of hydrogen-bond donors (Lipinski definition) is 1. The maximum absolute atomic E-state index is 9.27. The SMILES string of the molecule is CC1(C)CN(CCCC2CCCO2)CC(CO)O1. The van der Waals surface area contributed by atoms with Crippen LogP contribution < -0.4 is 0 Å². The van der Waals surface area contributed by atoms with E-state index >= 15 is 0 Å². The average Bonchev–Trinajstić information content (AvgIpc) is 2.80. The fourth-order valence-electron chi connectivity index (χ4n) is 3.10. The van der Waals surface area contributed by atoms with E-state index in [2.05, 4.69) is 18.7 Å². The summed E-state index contributed by atoms with van der Waals surface area (Å²) in [4.78, 5) is 2.42. The Bertz CT molecular complexity index is 251. The van der Waals surface area contributed by atoms with Crippen molar-refractivity contribution >= 4 is 0 Å². The van der Waals surface area contributed by atoms with E-state index in [1.165, 1.54) is 25.7 Å². The zero-order chi connectivity index (χ0) is 13.0. The molecule has 0 amide bonds. The van der Waals surface area contributed by atoms with Crippen LogP contribution in [0.15, 0.2) is 0 Å². The Morgan fingerprint density at radius 1 is 1.33 bits per heavy atom. The number of morpholine rings is 1. The van der Waals surface area contributed by atoms with Crippen molar-refractivity contribution in [2.75, 3.05) is 32.8 Å². The van der Waals surface area contributed by atoms with Crippen molar-refractivity contribution in [2.45, 2.75) is 57.3 Å². The molecule has 2 atom stereocenters. The topological polar surface area (TPSA) is 41.9 Å². The molecule has 0 aromatic carbocycles. The number of aliphatic hydroxyl groups excluding tert-OH is 1. The summed E-state index contributed by atoms with van der Waals surface area (Å²) in [6, 6.07) is 0. The van der Waals surface area contributed by atoms with Gasteiger partial charge >= 0.3 is 0 Å². The van der Waals surface area contributed by atoms with Crippen LogP contribution in [-0.2, 0) is 9.47 Å². The van der Waals surface area contributed by atoms with Crippen molar-refractivity contribution in [1.29, 1.82) is 0 Å². The van der Waals surface area contributed by atoms with Gasteiger partial charge in [0.25, 0.3) is 0 Å². The van der Waals surface area contributed by atoms with E-state index in [9.17, 15) is 5.11 Å². The molecular weight excluding hydrogens is 230 g/mol. The molecule has 106 valence electrons. The van der Waals surface area contributed by atoms with E-state index in [0.29, 0.717) is 6.10 Å². The van der Waals surface area contributed by atoms with Gasteiger partial charge in [0.15, 0.2) is 0 Å². The van der Waals surface area contributed by atoms with Gasteiger partial charge in [-0.3, -0.25) is 4.90 Å². The molecule has 2 rings (SSSR count). The second-order valence-corrected chi connectivity index (χ2v) is 6.19. The van der Waals surface area contributed by atoms with Gasteiger partial charge in [0.2, 0.25) is 0 Å². The number of rotatable bonds is 5. The molecule has 0 aromatic rings. The van der Waals surface area contributed by atoms with Gasteiger partial charge in [-0.1, -0.05) is 0 Å². The minimum Gasteiger partial charge on any atom is -0.394 e. The Balaban J connectivity index is 1.70. The Labute approximate surface area is 110 Å². The summed E-state index contributed by atoms with van der Waals surface area (Å²) < 4.78 is 11.5. The van der Waals surface area contributed by atoms with E-state index in [1.54, 1.807) is 0 Å². The molecule has 0 spiro atoms. The first-order valence-corrected chi connectivity index (χ1v) is 7.22. The van der Waals surface area contributed by atoms with Crippen molar-refractivity contribution < 1.29 is 14.6 Å². The maximum atomic E-state index is 9.27. The molecule has 0 saturated carbocycles. The second kappa shape index (κ2) is 6.33. The van der Waals surface area contributed by atoms with Crippen molar-refractivity contribution in [1.82, 2.24) is 4.90 Å². The average molecular weight is 257 g/mol. The second-order valence-electron chi connectivity index (χ2n) is 6.19. The van der Waals surface area contributed by atoms with Crippen LogP contribution in [0.5, 0.6) is 0 Å². The molecule has 0 radical (unpaired) electrons. The summed E-state index contributed by atoms with van der Waals surface area (Å²) in [6.07, 6.45) is 5.26. The fraction of sp³-hybridized carbons (Fsp3) is 1.00. The van der Waals surface area contributed by atoms with Gasteiger partial charge in [0, 0.05) is 19.7 Å². The van der Waals surface area contributed by atoms with Gasteiger partial charge < -0.3 is 14.6 Å². The highest BCUT2D eigenvalue weighted by molar-refractivity contribution is 4.84. The molecular formula is C14H27NO3. The lowest BCUT2D eigenvalue weighted by atomic mass is 10.0. The summed E-state index contributed by atoms with van der Waals surface area (Å²) in [5.41, 5.74) is -0.143. The van der Waals surface area contributed by atoms with Crippen LogP contribution >= 0.6 is 0 Å². The predicted octanol–water partition coefficient (Wildman–Crippen LogP) is 1.42. The number of ether oxygens (including phenoxy) is 2. The van der Waals surface area contributed by atoms with Gasteiger partial charge in [-0.05, 0) is 46.1 Å². The lowest BCUT2D eigenvalue weighted by Gasteiger charge is -2.42. The third-order valence-electron chi connectivity index (χ3n) is 3.78. The fourth-order valence-corrected chi connectivity index (χ4v) is 3.10. The molecule has 2 saturated heterocycles. The maximum Gasteiger partial charge on any atom is 0.0940 e.